The number of urea groups is 1. The number of amides is 4. The molecule has 5 aromatic rings. The molecule has 238 valence electrons. The van der Waals surface area contributed by atoms with E-state index in [1.165, 1.54) is 35.4 Å². The van der Waals surface area contributed by atoms with Crippen molar-refractivity contribution < 1.29 is 27.9 Å². The normalized spacial score (nSPS) is 14.8. The average Bonchev–Trinajstić information content (AvgIpc) is 3.59. The molecule has 1 atom stereocenters. The molecule has 1 aliphatic rings. The van der Waals surface area contributed by atoms with E-state index in [1.807, 2.05) is 10.6 Å². The molecule has 6 rings (SSSR count). The van der Waals surface area contributed by atoms with Crippen molar-refractivity contribution in [3.63, 3.8) is 0 Å². The fraction of sp³-hybridized carbons (Fsp3) is 0.152. The van der Waals surface area contributed by atoms with Crippen LogP contribution in [0.3, 0.4) is 0 Å². The minimum absolute atomic E-state index is 0.0799. The standard InChI is InChI=1S/C33H28F2N8O4/c1-20(2)42-18-26(32(45)43(33(42)46)23-6-3-21(34)4-7-23)31(44)39-22-5-9-28(27(35)15-22)47-25-11-12-37-30(16-25)40-29-10-8-24(17-38-29)41-14-13-36-19-41/h3-17,19-20,26H,18H2,1-2H3,(H,39,44)(H,37,38,40). The van der Waals surface area contributed by atoms with Gasteiger partial charge < -0.3 is 24.8 Å². The van der Waals surface area contributed by atoms with Crippen molar-refractivity contribution in [2.45, 2.75) is 19.9 Å². The summed E-state index contributed by atoms with van der Waals surface area (Å²) in [5.41, 5.74) is 1.04. The van der Waals surface area contributed by atoms with Crippen molar-refractivity contribution >= 4 is 40.9 Å². The largest absolute Gasteiger partial charge is 0.454 e. The van der Waals surface area contributed by atoms with Crippen LogP contribution in [0, 0.1) is 17.6 Å². The van der Waals surface area contributed by atoms with Gasteiger partial charge in [0.2, 0.25) is 11.8 Å². The van der Waals surface area contributed by atoms with Crippen LogP contribution in [-0.2, 0) is 9.59 Å². The van der Waals surface area contributed by atoms with Gasteiger partial charge in [0.05, 0.1) is 23.9 Å². The highest BCUT2D eigenvalue weighted by Gasteiger charge is 2.44. The lowest BCUT2D eigenvalue weighted by Crippen LogP contribution is -2.61. The van der Waals surface area contributed by atoms with Gasteiger partial charge in [-0.2, -0.15) is 0 Å². The summed E-state index contributed by atoms with van der Waals surface area (Å²) in [6.45, 7) is 3.32. The molecule has 0 saturated carbocycles. The topological polar surface area (TPSA) is 135 Å². The van der Waals surface area contributed by atoms with E-state index in [0.29, 0.717) is 17.4 Å². The minimum atomic E-state index is -1.29. The number of imide groups is 1. The average molecular weight is 639 g/mol. The Bertz CT molecular complexity index is 1920. The van der Waals surface area contributed by atoms with E-state index in [4.69, 9.17) is 4.74 Å². The first-order valence-electron chi connectivity index (χ1n) is 14.5. The fourth-order valence-electron chi connectivity index (χ4n) is 4.90. The van der Waals surface area contributed by atoms with Crippen LogP contribution in [0.1, 0.15) is 13.8 Å². The number of carbonyl (C=O) groups is 3. The molecule has 0 radical (unpaired) electrons. The maximum absolute atomic E-state index is 15.2. The van der Waals surface area contributed by atoms with Gasteiger partial charge in [-0.25, -0.2) is 33.4 Å². The Kier molecular flexibility index (Phi) is 8.56. The molecule has 12 nitrogen and oxygen atoms in total. The van der Waals surface area contributed by atoms with Gasteiger partial charge in [0.25, 0.3) is 0 Å². The monoisotopic (exact) mass is 638 g/mol. The molecule has 0 bridgehead atoms. The Morgan fingerprint density at radius 1 is 0.936 bits per heavy atom. The Balaban J connectivity index is 1.12. The van der Waals surface area contributed by atoms with Crippen LogP contribution >= 0.6 is 0 Å². The van der Waals surface area contributed by atoms with E-state index >= 15 is 4.39 Å². The molecule has 1 aliphatic heterocycles. The summed E-state index contributed by atoms with van der Waals surface area (Å²) in [6.07, 6.45) is 8.30. The minimum Gasteiger partial charge on any atom is -0.454 e. The third kappa shape index (κ3) is 6.76. The highest BCUT2D eigenvalue weighted by molar-refractivity contribution is 6.23. The number of imidazole rings is 1. The molecule has 1 unspecified atom stereocenters. The molecular weight excluding hydrogens is 610 g/mol. The number of anilines is 4. The number of hydrogen-bond donors (Lipinski definition) is 2. The van der Waals surface area contributed by atoms with Crippen molar-refractivity contribution in [1.82, 2.24) is 24.4 Å². The number of hydrogen-bond acceptors (Lipinski definition) is 8. The first-order valence-corrected chi connectivity index (χ1v) is 14.5. The van der Waals surface area contributed by atoms with Gasteiger partial charge in [-0.3, -0.25) is 9.59 Å². The maximum atomic E-state index is 15.2. The quantitative estimate of drug-likeness (QED) is 0.190. The van der Waals surface area contributed by atoms with E-state index in [0.717, 1.165) is 28.8 Å². The first-order chi connectivity index (χ1) is 22.7. The van der Waals surface area contributed by atoms with E-state index < -0.39 is 35.4 Å². The molecule has 4 amide bonds. The number of nitrogens with zero attached hydrogens (tertiary/aromatic N) is 6. The molecular formula is C33H28F2N8O4. The lowest BCUT2D eigenvalue weighted by molar-refractivity contribution is -0.132. The SMILES string of the molecule is CC(C)N1CC(C(=O)Nc2ccc(Oc3ccnc(Nc4ccc(-n5ccnc5)cn4)c3)c(F)c2)C(=O)N(c2ccc(F)cc2)C1=O. The number of ether oxygens (including phenoxy) is 1. The van der Waals surface area contributed by atoms with Crippen LogP contribution in [0.15, 0.2) is 97.8 Å². The van der Waals surface area contributed by atoms with Gasteiger partial charge in [-0.05, 0) is 68.4 Å². The summed E-state index contributed by atoms with van der Waals surface area (Å²) >= 11 is 0. The molecule has 2 N–H and O–H groups in total. The van der Waals surface area contributed by atoms with Crippen molar-refractivity contribution in [3.8, 4) is 17.2 Å². The van der Waals surface area contributed by atoms with E-state index in [1.54, 1.807) is 57.0 Å². The lowest BCUT2D eigenvalue weighted by Gasteiger charge is -2.39. The second kappa shape index (κ2) is 13.0. The van der Waals surface area contributed by atoms with E-state index in [-0.39, 0.29) is 29.7 Å². The zero-order valence-corrected chi connectivity index (χ0v) is 25.2. The van der Waals surface area contributed by atoms with Gasteiger partial charge >= 0.3 is 6.03 Å². The molecule has 0 spiro atoms. The Hall–Kier alpha value is -6.18. The van der Waals surface area contributed by atoms with Crippen LogP contribution in [-0.4, -0.2) is 54.9 Å². The van der Waals surface area contributed by atoms with Gasteiger partial charge in [0.1, 0.15) is 29.1 Å². The van der Waals surface area contributed by atoms with Crippen molar-refractivity contribution in [2.24, 2.45) is 5.92 Å². The lowest BCUT2D eigenvalue weighted by atomic mass is 10.0. The predicted octanol–water partition coefficient (Wildman–Crippen LogP) is 5.91. The van der Waals surface area contributed by atoms with E-state index in [2.05, 4.69) is 25.6 Å². The highest BCUT2D eigenvalue weighted by Crippen LogP contribution is 2.30. The van der Waals surface area contributed by atoms with Crippen molar-refractivity contribution in [1.29, 1.82) is 0 Å². The van der Waals surface area contributed by atoms with Crippen molar-refractivity contribution in [2.75, 3.05) is 22.1 Å². The second-order valence-electron chi connectivity index (χ2n) is 10.8. The number of pyridine rings is 2. The summed E-state index contributed by atoms with van der Waals surface area (Å²) in [5, 5.41) is 5.64. The van der Waals surface area contributed by atoms with Crippen LogP contribution < -0.4 is 20.3 Å². The van der Waals surface area contributed by atoms with Gasteiger partial charge in [-0.15, -0.1) is 0 Å². The number of aromatic nitrogens is 4. The van der Waals surface area contributed by atoms with Gasteiger partial charge in [0.15, 0.2) is 11.6 Å². The number of rotatable bonds is 9. The molecule has 4 heterocycles. The van der Waals surface area contributed by atoms with Crippen LogP contribution in [0.5, 0.6) is 11.5 Å². The van der Waals surface area contributed by atoms with Crippen molar-refractivity contribution in [3.05, 3.63) is 109 Å². The van der Waals surface area contributed by atoms with Gasteiger partial charge in [0, 0.05) is 49.0 Å². The number of halogens is 2. The summed E-state index contributed by atoms with van der Waals surface area (Å²) in [7, 11) is 0. The van der Waals surface area contributed by atoms with E-state index in [9.17, 15) is 18.8 Å². The second-order valence-corrected chi connectivity index (χ2v) is 10.8. The third-order valence-electron chi connectivity index (χ3n) is 7.32. The highest BCUT2D eigenvalue weighted by atomic mass is 19.1. The van der Waals surface area contributed by atoms with Crippen LogP contribution in [0.4, 0.5) is 36.6 Å². The molecule has 14 heteroatoms. The zero-order valence-electron chi connectivity index (χ0n) is 25.2. The number of nitrogens with one attached hydrogen (secondary N) is 2. The summed E-state index contributed by atoms with van der Waals surface area (Å²) in [4.78, 5) is 54.7. The third-order valence-corrected chi connectivity index (χ3v) is 7.32. The maximum Gasteiger partial charge on any atom is 0.331 e. The molecule has 0 aliphatic carbocycles. The van der Waals surface area contributed by atoms with Crippen LogP contribution in [0.25, 0.3) is 5.69 Å². The smallest absolute Gasteiger partial charge is 0.331 e. The predicted molar refractivity (Wildman–Crippen MR) is 169 cm³/mol. The number of benzene rings is 2. The zero-order chi connectivity index (χ0) is 33.1. The molecule has 3 aromatic heterocycles. The Labute approximate surface area is 267 Å². The first kappa shape index (κ1) is 30.8. The Morgan fingerprint density at radius 3 is 2.40 bits per heavy atom. The molecule has 1 fully saturated rings. The van der Waals surface area contributed by atoms with Crippen LogP contribution in [0.2, 0.25) is 0 Å². The molecule has 2 aromatic carbocycles. The summed E-state index contributed by atoms with van der Waals surface area (Å²) < 4.78 is 36.2. The molecule has 47 heavy (non-hydrogen) atoms. The summed E-state index contributed by atoms with van der Waals surface area (Å²) in [6, 6.07) is 14.5. The Morgan fingerprint density at radius 2 is 1.72 bits per heavy atom. The number of carbonyl (C=O) groups excluding carboxylic acids is 3. The summed E-state index contributed by atoms with van der Waals surface area (Å²) in [5.74, 6) is -2.99. The molecule has 1 saturated heterocycles. The fourth-order valence-corrected chi connectivity index (χ4v) is 4.90. The van der Waals surface area contributed by atoms with Gasteiger partial charge in [-0.1, -0.05) is 0 Å².